The monoisotopic (exact) mass is 386 g/mol. The summed E-state index contributed by atoms with van der Waals surface area (Å²) in [5.74, 6) is 0.577. The molecule has 1 aliphatic heterocycles. The van der Waals surface area contributed by atoms with Crippen molar-refractivity contribution in [3.8, 4) is 11.8 Å². The number of nitrogens with zero attached hydrogens (tertiary/aromatic N) is 2. The molecule has 3 rings (SSSR count). The van der Waals surface area contributed by atoms with Gasteiger partial charge in [-0.25, -0.2) is 0 Å². The van der Waals surface area contributed by atoms with E-state index in [1.807, 2.05) is 19.9 Å². The Hall–Kier alpha value is -2.89. The van der Waals surface area contributed by atoms with Crippen LogP contribution in [-0.4, -0.2) is 24.8 Å². The molecule has 1 aromatic carbocycles. The Balaban J connectivity index is 2.06. The van der Waals surface area contributed by atoms with E-state index in [9.17, 15) is 18.5 Å². The number of nitriles is 1. The zero-order valence-corrected chi connectivity index (χ0v) is 15.9. The SMILES string of the molecule is CC1(C)C=C(n2ccc(COS(C)(=O)=O)cc2=O)c2cc(C#N)ccc2O1. The first-order valence-electron chi connectivity index (χ1n) is 8.11. The van der Waals surface area contributed by atoms with Gasteiger partial charge in [0.25, 0.3) is 15.7 Å². The molecule has 1 aliphatic rings. The Morgan fingerprint density at radius 2 is 2.00 bits per heavy atom. The number of ether oxygens (including phenoxy) is 1. The van der Waals surface area contributed by atoms with Crippen molar-refractivity contribution in [1.29, 1.82) is 5.26 Å². The summed E-state index contributed by atoms with van der Waals surface area (Å²) in [6.07, 6.45) is 4.32. The first-order chi connectivity index (χ1) is 12.6. The van der Waals surface area contributed by atoms with Gasteiger partial charge in [-0.3, -0.25) is 13.5 Å². The van der Waals surface area contributed by atoms with Gasteiger partial charge in [0.2, 0.25) is 0 Å². The number of benzene rings is 1. The highest BCUT2D eigenvalue weighted by molar-refractivity contribution is 7.85. The quantitative estimate of drug-likeness (QED) is 0.748. The molecule has 27 heavy (non-hydrogen) atoms. The van der Waals surface area contributed by atoms with Crippen molar-refractivity contribution in [3.63, 3.8) is 0 Å². The van der Waals surface area contributed by atoms with Crippen LogP contribution >= 0.6 is 0 Å². The van der Waals surface area contributed by atoms with Gasteiger partial charge in [0.15, 0.2) is 0 Å². The van der Waals surface area contributed by atoms with Crippen LogP contribution in [0.25, 0.3) is 5.70 Å². The molecule has 2 aromatic rings. The van der Waals surface area contributed by atoms with Gasteiger partial charge in [0, 0.05) is 17.8 Å². The van der Waals surface area contributed by atoms with Gasteiger partial charge in [0.05, 0.1) is 30.2 Å². The van der Waals surface area contributed by atoms with E-state index in [2.05, 4.69) is 6.07 Å². The fourth-order valence-corrected chi connectivity index (χ4v) is 3.14. The fourth-order valence-electron chi connectivity index (χ4n) is 2.79. The zero-order valence-electron chi connectivity index (χ0n) is 15.1. The van der Waals surface area contributed by atoms with Gasteiger partial charge < -0.3 is 4.74 Å². The number of pyridine rings is 1. The highest BCUT2D eigenvalue weighted by atomic mass is 32.2. The van der Waals surface area contributed by atoms with Gasteiger partial charge in [-0.2, -0.15) is 13.7 Å². The summed E-state index contributed by atoms with van der Waals surface area (Å²) in [5, 5.41) is 9.17. The van der Waals surface area contributed by atoms with Crippen LogP contribution < -0.4 is 10.3 Å². The first-order valence-corrected chi connectivity index (χ1v) is 9.92. The molecule has 140 valence electrons. The minimum Gasteiger partial charge on any atom is -0.483 e. The highest BCUT2D eigenvalue weighted by Crippen LogP contribution is 2.36. The molecule has 2 heterocycles. The Bertz CT molecular complexity index is 1140. The van der Waals surface area contributed by atoms with Crippen LogP contribution in [0.3, 0.4) is 0 Å². The molecule has 0 aliphatic carbocycles. The van der Waals surface area contributed by atoms with Crippen molar-refractivity contribution in [2.45, 2.75) is 26.1 Å². The van der Waals surface area contributed by atoms with E-state index in [1.165, 1.54) is 10.6 Å². The van der Waals surface area contributed by atoms with E-state index in [1.54, 1.807) is 30.5 Å². The fraction of sp³-hybridized carbons (Fsp3) is 0.263. The van der Waals surface area contributed by atoms with Crippen LogP contribution in [-0.2, 0) is 20.9 Å². The second-order valence-electron chi connectivity index (χ2n) is 6.77. The Morgan fingerprint density at radius 3 is 2.63 bits per heavy atom. The maximum atomic E-state index is 12.7. The van der Waals surface area contributed by atoms with E-state index < -0.39 is 15.7 Å². The number of fused-ring (bicyclic) bond motifs is 1. The third kappa shape index (κ3) is 4.27. The molecule has 0 bridgehead atoms. The van der Waals surface area contributed by atoms with E-state index in [0.717, 1.165) is 6.26 Å². The minimum atomic E-state index is -3.60. The maximum Gasteiger partial charge on any atom is 0.264 e. The number of aromatic nitrogens is 1. The lowest BCUT2D eigenvalue weighted by molar-refractivity contribution is 0.157. The molecule has 7 nitrogen and oxygen atoms in total. The van der Waals surface area contributed by atoms with Crippen LogP contribution in [0, 0.1) is 11.3 Å². The Kier molecular flexibility index (Phi) is 4.68. The number of rotatable bonds is 4. The lowest BCUT2D eigenvalue weighted by atomic mass is 9.97. The standard InChI is InChI=1S/C19H18N2O5S/c1-19(2)10-16(15-8-13(11-20)4-5-17(15)26-19)21-7-6-14(9-18(21)22)12-25-27(3,23)24/h4-10H,12H2,1-3H3. The molecule has 0 unspecified atom stereocenters. The summed E-state index contributed by atoms with van der Waals surface area (Å²) in [7, 11) is -3.60. The molecule has 0 amide bonds. The molecule has 8 heteroatoms. The molecule has 0 atom stereocenters. The van der Waals surface area contributed by atoms with Crippen molar-refractivity contribution in [2.24, 2.45) is 0 Å². The van der Waals surface area contributed by atoms with E-state index in [-0.39, 0.29) is 12.2 Å². The van der Waals surface area contributed by atoms with Crippen molar-refractivity contribution in [3.05, 3.63) is 69.6 Å². The molecule has 0 saturated carbocycles. The van der Waals surface area contributed by atoms with Crippen LogP contribution in [0.4, 0.5) is 0 Å². The normalized spacial score (nSPS) is 15.3. The van der Waals surface area contributed by atoms with Crippen molar-refractivity contribution < 1.29 is 17.3 Å². The smallest absolute Gasteiger partial charge is 0.264 e. The second-order valence-corrected chi connectivity index (χ2v) is 8.41. The van der Waals surface area contributed by atoms with E-state index in [4.69, 9.17) is 8.92 Å². The molecular weight excluding hydrogens is 368 g/mol. The zero-order chi connectivity index (χ0) is 19.8. The third-order valence-corrected chi connectivity index (χ3v) is 4.47. The molecule has 0 N–H and O–H groups in total. The predicted octanol–water partition coefficient (Wildman–Crippen LogP) is 2.26. The maximum absolute atomic E-state index is 12.7. The van der Waals surface area contributed by atoms with Gasteiger partial charge in [-0.15, -0.1) is 0 Å². The van der Waals surface area contributed by atoms with Gasteiger partial charge in [-0.1, -0.05) is 0 Å². The first kappa shape index (κ1) is 18.9. The summed E-state index contributed by atoms with van der Waals surface area (Å²) in [6, 6.07) is 10.1. The topological polar surface area (TPSA) is 98.4 Å². The van der Waals surface area contributed by atoms with Crippen molar-refractivity contribution in [1.82, 2.24) is 4.57 Å². The van der Waals surface area contributed by atoms with Crippen molar-refractivity contribution in [2.75, 3.05) is 6.26 Å². The molecule has 0 saturated heterocycles. The summed E-state index contributed by atoms with van der Waals surface area (Å²) in [6.45, 7) is 3.53. The average molecular weight is 386 g/mol. The molecule has 1 aromatic heterocycles. The number of hydrogen-bond acceptors (Lipinski definition) is 6. The average Bonchev–Trinajstić information content (AvgIpc) is 2.58. The van der Waals surface area contributed by atoms with Crippen LogP contribution in [0.5, 0.6) is 5.75 Å². The van der Waals surface area contributed by atoms with Gasteiger partial charge in [-0.05, 0) is 49.8 Å². The van der Waals surface area contributed by atoms with Gasteiger partial charge in [0.1, 0.15) is 11.4 Å². The summed E-state index contributed by atoms with van der Waals surface area (Å²) < 4.78 is 34.3. The van der Waals surface area contributed by atoms with E-state index in [0.29, 0.717) is 28.1 Å². The Labute approximate surface area is 157 Å². The lowest BCUT2D eigenvalue weighted by Crippen LogP contribution is -2.32. The summed E-state index contributed by atoms with van der Waals surface area (Å²) in [4.78, 5) is 12.7. The summed E-state index contributed by atoms with van der Waals surface area (Å²) in [5.41, 5.74) is 1.14. The van der Waals surface area contributed by atoms with Crippen LogP contribution in [0.15, 0.2) is 47.4 Å². The summed E-state index contributed by atoms with van der Waals surface area (Å²) >= 11 is 0. The Morgan fingerprint density at radius 1 is 1.26 bits per heavy atom. The lowest BCUT2D eigenvalue weighted by Gasteiger charge is -2.31. The largest absolute Gasteiger partial charge is 0.483 e. The molecule has 0 radical (unpaired) electrons. The number of hydrogen-bond donors (Lipinski definition) is 0. The predicted molar refractivity (Wildman–Crippen MR) is 99.6 cm³/mol. The molecule has 0 fully saturated rings. The molecule has 0 spiro atoms. The van der Waals surface area contributed by atoms with Gasteiger partial charge >= 0.3 is 0 Å². The second kappa shape index (κ2) is 6.68. The highest BCUT2D eigenvalue weighted by Gasteiger charge is 2.28. The third-order valence-electron chi connectivity index (χ3n) is 3.93. The van der Waals surface area contributed by atoms with Crippen LogP contribution in [0.2, 0.25) is 0 Å². The molecular formula is C19H18N2O5S. The van der Waals surface area contributed by atoms with E-state index >= 15 is 0 Å². The van der Waals surface area contributed by atoms with Crippen molar-refractivity contribution >= 4 is 15.8 Å². The van der Waals surface area contributed by atoms with Crippen LogP contribution in [0.1, 0.15) is 30.5 Å². The minimum absolute atomic E-state index is 0.211.